The summed E-state index contributed by atoms with van der Waals surface area (Å²) < 4.78 is 0. The molecule has 0 nitrogen and oxygen atoms in total. The van der Waals surface area contributed by atoms with Gasteiger partial charge in [0.05, 0.1) is 0 Å². The van der Waals surface area contributed by atoms with Gasteiger partial charge in [-0.05, 0) is 17.9 Å². The van der Waals surface area contributed by atoms with E-state index in [9.17, 15) is 0 Å². The first-order chi connectivity index (χ1) is 6.45. The highest BCUT2D eigenvalue weighted by Gasteiger charge is 2.17. The van der Waals surface area contributed by atoms with Crippen LogP contribution in [0.2, 0.25) is 0 Å². The number of hydrogen-bond donors (Lipinski definition) is 0. The van der Waals surface area contributed by atoms with E-state index in [2.05, 4.69) is 64.3 Å². The molecule has 1 aromatic carbocycles. The lowest BCUT2D eigenvalue weighted by atomic mass is 9.82. The summed E-state index contributed by atoms with van der Waals surface area (Å²) in [6, 6.07) is 8.51. The van der Waals surface area contributed by atoms with Gasteiger partial charge in [0.2, 0.25) is 0 Å². The van der Waals surface area contributed by atoms with Gasteiger partial charge >= 0.3 is 0 Å². The van der Waals surface area contributed by atoms with E-state index in [1.807, 2.05) is 0 Å². The highest BCUT2D eigenvalue weighted by molar-refractivity contribution is 5.68. The molecule has 0 aromatic heterocycles. The van der Waals surface area contributed by atoms with Crippen LogP contribution in [0.3, 0.4) is 0 Å². The fourth-order valence-electron chi connectivity index (χ4n) is 1.52. The zero-order chi connectivity index (χ0) is 10.8. The highest BCUT2D eigenvalue weighted by atomic mass is 14.2. The summed E-state index contributed by atoms with van der Waals surface area (Å²) in [6.45, 7) is 12.4. The molecule has 0 atom stereocenters. The van der Waals surface area contributed by atoms with Gasteiger partial charge < -0.3 is 0 Å². The Bertz CT molecular complexity index is 354. The quantitative estimate of drug-likeness (QED) is 0.576. The fourth-order valence-corrected chi connectivity index (χ4v) is 1.52. The minimum atomic E-state index is 0.108. The Kier molecular flexibility index (Phi) is 2.98. The summed E-state index contributed by atoms with van der Waals surface area (Å²) in [7, 11) is 0. The molecule has 0 N–H and O–H groups in total. The number of aryl methyl sites for hydroxylation is 1. The highest BCUT2D eigenvalue weighted by Crippen LogP contribution is 2.32. The zero-order valence-corrected chi connectivity index (χ0v) is 9.52. The Hall–Kier alpha value is -1.26. The first-order valence-corrected chi connectivity index (χ1v) is 4.92. The lowest BCUT2D eigenvalue weighted by Gasteiger charge is -2.21. The Morgan fingerprint density at radius 1 is 1.14 bits per heavy atom. The molecule has 0 saturated heterocycles. The van der Waals surface area contributed by atoms with Crippen molar-refractivity contribution in [3.05, 3.63) is 47.7 Å². The second kappa shape index (κ2) is 3.86. The minimum absolute atomic E-state index is 0.108. The smallest absolute Gasteiger partial charge is 0.00594 e. The Labute approximate surface area is 87.0 Å². The monoisotopic (exact) mass is 186 g/mol. The van der Waals surface area contributed by atoms with Crippen LogP contribution >= 0.6 is 0 Å². The molecule has 0 heterocycles. The molecule has 0 bridgehead atoms. The predicted molar refractivity (Wildman–Crippen MR) is 63.2 cm³/mol. The van der Waals surface area contributed by atoms with E-state index in [-0.39, 0.29) is 5.41 Å². The normalized spacial score (nSPS) is 10.9. The number of hydrogen-bond acceptors (Lipinski definition) is 0. The maximum absolute atomic E-state index is 3.76. The third-order valence-electron chi connectivity index (χ3n) is 2.27. The molecule has 0 saturated carbocycles. The predicted octanol–water partition coefficient (Wildman–Crippen LogP) is 4.21. The van der Waals surface area contributed by atoms with Crippen LogP contribution < -0.4 is 0 Å². The van der Waals surface area contributed by atoms with Crippen molar-refractivity contribution in [2.75, 3.05) is 0 Å². The molecule has 0 aliphatic rings. The van der Waals surface area contributed by atoms with Crippen LogP contribution in [0, 0.1) is 12.3 Å². The molecule has 14 heavy (non-hydrogen) atoms. The van der Waals surface area contributed by atoms with Gasteiger partial charge in [0.25, 0.3) is 0 Å². The molecule has 0 amide bonds. The summed E-state index contributed by atoms with van der Waals surface area (Å²) in [5.74, 6) is 0. The van der Waals surface area contributed by atoms with Crippen molar-refractivity contribution < 1.29 is 0 Å². The summed E-state index contributed by atoms with van der Waals surface area (Å²) in [6.07, 6.45) is 0. The lowest BCUT2D eigenvalue weighted by molar-refractivity contribution is 0.567. The van der Waals surface area contributed by atoms with Crippen LogP contribution in [0.4, 0.5) is 0 Å². The van der Waals surface area contributed by atoms with Gasteiger partial charge in [-0.3, -0.25) is 0 Å². The first kappa shape index (κ1) is 10.8. The molecule has 0 aliphatic heterocycles. The third kappa shape index (κ3) is 2.37. The molecule has 1 rings (SSSR count). The molecule has 74 valence electrons. The average Bonchev–Trinajstić information content (AvgIpc) is 2.07. The first-order valence-electron chi connectivity index (χ1n) is 4.92. The van der Waals surface area contributed by atoms with E-state index >= 15 is 0 Å². The Balaban J connectivity index is 3.16. The molecular formula is C14H18. The molecule has 0 radical (unpaired) electrons. The molecule has 0 spiro atoms. The van der Waals surface area contributed by atoms with Crippen LogP contribution in [0.15, 0.2) is 36.6 Å². The minimum Gasteiger partial charge on any atom is -0.124 e. The second-order valence-corrected chi connectivity index (χ2v) is 4.67. The standard InChI is InChI=1S/C14H18/c1-6-13(14(3,4)5)12-9-7-11(2)8-10-12/h7-10H,1H2,2-5H3. The molecule has 0 fully saturated rings. The van der Waals surface area contributed by atoms with Crippen molar-refractivity contribution in [1.29, 1.82) is 0 Å². The molecule has 0 aliphatic carbocycles. The van der Waals surface area contributed by atoms with Crippen LogP contribution in [-0.4, -0.2) is 0 Å². The van der Waals surface area contributed by atoms with Crippen molar-refractivity contribution in [1.82, 2.24) is 0 Å². The SMILES string of the molecule is C=C=C(c1ccc(C)cc1)C(C)(C)C. The molecule has 0 unspecified atom stereocenters. The van der Waals surface area contributed by atoms with Gasteiger partial charge in [-0.1, -0.05) is 57.2 Å². The van der Waals surface area contributed by atoms with Crippen molar-refractivity contribution in [2.24, 2.45) is 5.41 Å². The van der Waals surface area contributed by atoms with E-state index in [0.29, 0.717) is 0 Å². The largest absolute Gasteiger partial charge is 0.124 e. The van der Waals surface area contributed by atoms with Crippen LogP contribution in [0.5, 0.6) is 0 Å². The summed E-state index contributed by atoms with van der Waals surface area (Å²) >= 11 is 0. The number of rotatable bonds is 1. The van der Waals surface area contributed by atoms with Gasteiger partial charge in [-0.2, -0.15) is 0 Å². The van der Waals surface area contributed by atoms with Crippen molar-refractivity contribution in [2.45, 2.75) is 27.7 Å². The summed E-state index contributed by atoms with van der Waals surface area (Å²) in [5.41, 5.74) is 6.83. The fraction of sp³-hybridized carbons (Fsp3) is 0.357. The lowest BCUT2D eigenvalue weighted by Crippen LogP contribution is -2.07. The van der Waals surface area contributed by atoms with E-state index in [1.54, 1.807) is 0 Å². The van der Waals surface area contributed by atoms with Gasteiger partial charge in [0.15, 0.2) is 0 Å². The van der Waals surface area contributed by atoms with E-state index < -0.39 is 0 Å². The average molecular weight is 186 g/mol. The van der Waals surface area contributed by atoms with Crippen LogP contribution in [0.1, 0.15) is 31.9 Å². The number of allylic oxidation sites excluding steroid dienone is 1. The van der Waals surface area contributed by atoms with Crippen LogP contribution in [0.25, 0.3) is 5.57 Å². The van der Waals surface area contributed by atoms with Gasteiger partial charge in [-0.25, -0.2) is 0 Å². The van der Waals surface area contributed by atoms with E-state index in [4.69, 9.17) is 0 Å². The zero-order valence-electron chi connectivity index (χ0n) is 9.52. The van der Waals surface area contributed by atoms with Crippen molar-refractivity contribution in [3.63, 3.8) is 0 Å². The molecular weight excluding hydrogens is 168 g/mol. The summed E-state index contributed by atoms with van der Waals surface area (Å²) in [4.78, 5) is 0. The van der Waals surface area contributed by atoms with E-state index in [0.717, 1.165) is 0 Å². The number of benzene rings is 1. The maximum Gasteiger partial charge on any atom is 0.00594 e. The van der Waals surface area contributed by atoms with Crippen LogP contribution in [-0.2, 0) is 0 Å². The van der Waals surface area contributed by atoms with Gasteiger partial charge in [0.1, 0.15) is 0 Å². The maximum atomic E-state index is 3.76. The second-order valence-electron chi connectivity index (χ2n) is 4.67. The third-order valence-corrected chi connectivity index (χ3v) is 2.27. The summed E-state index contributed by atoms with van der Waals surface area (Å²) in [5, 5.41) is 0. The topological polar surface area (TPSA) is 0 Å². The van der Waals surface area contributed by atoms with Gasteiger partial charge in [0, 0.05) is 5.57 Å². The molecule has 0 heteroatoms. The van der Waals surface area contributed by atoms with Crippen molar-refractivity contribution in [3.8, 4) is 0 Å². The van der Waals surface area contributed by atoms with Crippen molar-refractivity contribution >= 4 is 5.57 Å². The van der Waals surface area contributed by atoms with Gasteiger partial charge in [-0.15, -0.1) is 5.73 Å². The Morgan fingerprint density at radius 2 is 1.64 bits per heavy atom. The molecule has 1 aromatic rings. The van der Waals surface area contributed by atoms with E-state index in [1.165, 1.54) is 16.7 Å². The Morgan fingerprint density at radius 3 is 2.00 bits per heavy atom.